The van der Waals surface area contributed by atoms with Crippen molar-refractivity contribution in [2.24, 2.45) is 0 Å². The molecule has 2 unspecified atom stereocenters. The predicted molar refractivity (Wildman–Crippen MR) is 138 cm³/mol. The zero-order valence-corrected chi connectivity index (χ0v) is 23.6. The Morgan fingerprint density at radius 3 is 2.45 bits per heavy atom. The van der Waals surface area contributed by atoms with Crippen LogP contribution in [-0.4, -0.2) is 67.3 Å². The van der Waals surface area contributed by atoms with E-state index in [1.165, 1.54) is 36.0 Å². The molecule has 1 aromatic carbocycles. The summed E-state index contributed by atoms with van der Waals surface area (Å²) in [6.07, 6.45) is -5.71. The maximum atomic E-state index is 14.1. The van der Waals surface area contributed by atoms with Crippen molar-refractivity contribution in [3.8, 4) is 11.6 Å². The highest BCUT2D eigenvalue weighted by Crippen LogP contribution is 2.43. The third kappa shape index (κ3) is 6.37. The Bertz CT molecular complexity index is 1360. The minimum absolute atomic E-state index is 0.00819. The average Bonchev–Trinajstić information content (AvgIpc) is 3.25. The van der Waals surface area contributed by atoms with Crippen molar-refractivity contribution in [2.45, 2.75) is 76.9 Å². The van der Waals surface area contributed by atoms with Gasteiger partial charge in [0.1, 0.15) is 11.9 Å². The van der Waals surface area contributed by atoms with Gasteiger partial charge in [-0.3, -0.25) is 19.1 Å². The molecule has 222 valence electrons. The number of anilines is 2. The number of halogens is 3. The molecule has 2 heterocycles. The van der Waals surface area contributed by atoms with E-state index in [1.807, 2.05) is 0 Å². The molecule has 0 bridgehead atoms. The molecule has 1 aliphatic heterocycles. The van der Waals surface area contributed by atoms with Gasteiger partial charge < -0.3 is 19.5 Å². The van der Waals surface area contributed by atoms with E-state index in [9.17, 15) is 31.2 Å². The highest BCUT2D eigenvalue weighted by atomic mass is 32.2. The van der Waals surface area contributed by atoms with Crippen LogP contribution in [0, 0.1) is 0 Å². The number of carbonyl (C=O) groups excluding carboxylic acids is 2. The van der Waals surface area contributed by atoms with Gasteiger partial charge in [0.15, 0.2) is 4.90 Å². The van der Waals surface area contributed by atoms with E-state index in [1.54, 1.807) is 20.8 Å². The van der Waals surface area contributed by atoms with Crippen LogP contribution in [0.15, 0.2) is 29.3 Å². The summed E-state index contributed by atoms with van der Waals surface area (Å²) in [6, 6.07) is 3.02. The first-order chi connectivity index (χ1) is 18.5. The number of nitrogens with zero attached hydrogens (tertiary/aromatic N) is 3. The van der Waals surface area contributed by atoms with E-state index < -0.39 is 40.0 Å². The standard InChI is InChI=1S/C24H32F3N5O7S/c1-7-31-13-20(21(30-31)37-8-2)40(35,36)32-14(3)19(12-28-15(4)33)38-18-10-9-16(11-17(18)32)29-22(34)39-23(5,6)24(25,26)27/h9-11,13-14,19H,7-8,12H2,1-6H3,(H,28,33)(H,29,34). The molecule has 1 aliphatic rings. The summed E-state index contributed by atoms with van der Waals surface area (Å²) < 4.78 is 86.2. The quantitative estimate of drug-likeness (QED) is 0.450. The summed E-state index contributed by atoms with van der Waals surface area (Å²) >= 11 is 0. The number of ether oxygens (including phenoxy) is 3. The molecular formula is C24H32F3N5O7S. The molecule has 0 saturated heterocycles. The van der Waals surface area contributed by atoms with Crippen LogP contribution < -0.4 is 24.4 Å². The van der Waals surface area contributed by atoms with E-state index in [2.05, 4.69) is 20.5 Å². The Hall–Kier alpha value is -3.69. The number of carbonyl (C=O) groups is 2. The smallest absolute Gasteiger partial charge is 0.427 e. The lowest BCUT2D eigenvalue weighted by molar-refractivity contribution is -0.242. The summed E-state index contributed by atoms with van der Waals surface area (Å²) in [5.41, 5.74) is -2.83. The van der Waals surface area contributed by atoms with Gasteiger partial charge in [0.2, 0.25) is 11.5 Å². The molecule has 1 aromatic heterocycles. The molecule has 0 fully saturated rings. The summed E-state index contributed by atoms with van der Waals surface area (Å²) in [5.74, 6) is -0.374. The van der Waals surface area contributed by atoms with Crippen LogP contribution in [0.3, 0.4) is 0 Å². The van der Waals surface area contributed by atoms with Crippen molar-refractivity contribution in [3.63, 3.8) is 0 Å². The Morgan fingerprint density at radius 1 is 1.20 bits per heavy atom. The predicted octanol–water partition coefficient (Wildman–Crippen LogP) is 3.67. The zero-order chi connectivity index (χ0) is 30.0. The molecule has 40 heavy (non-hydrogen) atoms. The number of aryl methyl sites for hydroxylation is 1. The third-order valence-corrected chi connectivity index (χ3v) is 7.93. The second-order valence-corrected chi connectivity index (χ2v) is 11.2. The van der Waals surface area contributed by atoms with Crippen LogP contribution in [-0.2, 0) is 26.1 Å². The van der Waals surface area contributed by atoms with Gasteiger partial charge in [-0.25, -0.2) is 13.2 Å². The summed E-state index contributed by atoms with van der Waals surface area (Å²) in [4.78, 5) is 23.6. The van der Waals surface area contributed by atoms with Crippen LogP contribution in [0.2, 0.25) is 0 Å². The van der Waals surface area contributed by atoms with Crippen LogP contribution in [0.25, 0.3) is 0 Å². The molecule has 2 atom stereocenters. The van der Waals surface area contributed by atoms with Crippen LogP contribution >= 0.6 is 0 Å². The van der Waals surface area contributed by atoms with Crippen LogP contribution in [0.5, 0.6) is 11.6 Å². The molecule has 2 aromatic rings. The molecule has 0 radical (unpaired) electrons. The van der Waals surface area contributed by atoms with Gasteiger partial charge in [0.05, 0.1) is 24.9 Å². The summed E-state index contributed by atoms with van der Waals surface area (Å²) in [7, 11) is -4.39. The van der Waals surface area contributed by atoms with Crippen LogP contribution in [0.4, 0.5) is 29.3 Å². The Balaban J connectivity index is 2.07. The van der Waals surface area contributed by atoms with Gasteiger partial charge in [-0.15, -0.1) is 5.10 Å². The Morgan fingerprint density at radius 2 is 1.88 bits per heavy atom. The summed E-state index contributed by atoms with van der Waals surface area (Å²) in [6.45, 7) is 8.21. The lowest BCUT2D eigenvalue weighted by Crippen LogP contribution is -2.54. The van der Waals surface area contributed by atoms with Gasteiger partial charge in [0, 0.05) is 25.4 Å². The average molecular weight is 592 g/mol. The van der Waals surface area contributed by atoms with Crippen molar-refractivity contribution in [3.05, 3.63) is 24.4 Å². The maximum Gasteiger partial charge on any atom is 0.427 e. The largest absolute Gasteiger partial charge is 0.484 e. The highest BCUT2D eigenvalue weighted by Gasteiger charge is 2.51. The number of fused-ring (bicyclic) bond motifs is 1. The number of aromatic nitrogens is 2. The van der Waals surface area contributed by atoms with Crippen molar-refractivity contribution in [1.29, 1.82) is 0 Å². The molecule has 0 saturated carbocycles. The fraction of sp³-hybridized carbons (Fsp3) is 0.542. The van der Waals surface area contributed by atoms with Crippen LogP contribution in [0.1, 0.15) is 41.5 Å². The van der Waals surface area contributed by atoms with Gasteiger partial charge in [-0.2, -0.15) is 13.2 Å². The number of alkyl halides is 3. The normalized spacial score (nSPS) is 17.5. The summed E-state index contributed by atoms with van der Waals surface area (Å²) in [5, 5.41) is 9.00. The number of amides is 2. The fourth-order valence-electron chi connectivity index (χ4n) is 3.80. The minimum atomic E-state index is -4.82. The number of rotatable bonds is 9. The van der Waals surface area contributed by atoms with Gasteiger partial charge in [-0.1, -0.05) is 0 Å². The highest BCUT2D eigenvalue weighted by molar-refractivity contribution is 7.93. The maximum absolute atomic E-state index is 14.1. The third-order valence-electron chi connectivity index (χ3n) is 6.05. The van der Waals surface area contributed by atoms with Gasteiger partial charge >= 0.3 is 12.3 Å². The molecule has 16 heteroatoms. The second kappa shape index (κ2) is 11.4. The van der Waals surface area contributed by atoms with Crippen molar-refractivity contribution in [2.75, 3.05) is 22.8 Å². The van der Waals surface area contributed by atoms with E-state index in [-0.39, 0.29) is 47.0 Å². The van der Waals surface area contributed by atoms with Gasteiger partial charge in [-0.05, 0) is 52.8 Å². The van der Waals surface area contributed by atoms with Gasteiger partial charge in [0.25, 0.3) is 15.9 Å². The Labute approximate surface area is 229 Å². The number of hydrogen-bond acceptors (Lipinski definition) is 8. The molecule has 12 nitrogen and oxygen atoms in total. The molecule has 0 spiro atoms. The first kappa shape index (κ1) is 30.8. The molecular weight excluding hydrogens is 559 g/mol. The zero-order valence-electron chi connectivity index (χ0n) is 22.8. The topological polar surface area (TPSA) is 141 Å². The van der Waals surface area contributed by atoms with E-state index >= 15 is 0 Å². The lowest BCUT2D eigenvalue weighted by Gasteiger charge is -2.40. The second-order valence-electron chi connectivity index (χ2n) is 9.43. The number of hydrogen-bond donors (Lipinski definition) is 2. The first-order valence-corrected chi connectivity index (χ1v) is 13.8. The SMILES string of the molecule is CCOc1nn(CC)cc1S(=O)(=O)N1c2cc(NC(=O)OC(C)(C)C(F)(F)F)ccc2OC(CNC(C)=O)C1C. The van der Waals surface area contributed by atoms with Crippen molar-refractivity contribution >= 4 is 33.4 Å². The van der Waals surface area contributed by atoms with Crippen molar-refractivity contribution in [1.82, 2.24) is 15.1 Å². The molecule has 2 N–H and O–H groups in total. The number of benzene rings is 1. The molecule has 3 rings (SSSR count). The monoisotopic (exact) mass is 591 g/mol. The molecule has 2 amide bonds. The Kier molecular flexibility index (Phi) is 8.81. The lowest BCUT2D eigenvalue weighted by atomic mass is 10.1. The number of nitrogens with one attached hydrogen (secondary N) is 2. The van der Waals surface area contributed by atoms with E-state index in [0.717, 1.165) is 4.31 Å². The first-order valence-electron chi connectivity index (χ1n) is 12.4. The van der Waals surface area contributed by atoms with E-state index in [4.69, 9.17) is 9.47 Å². The minimum Gasteiger partial charge on any atom is -0.484 e. The van der Waals surface area contributed by atoms with E-state index in [0.29, 0.717) is 20.4 Å². The molecule has 0 aliphatic carbocycles. The van der Waals surface area contributed by atoms with Crippen molar-refractivity contribution < 1.29 is 45.4 Å². The fourth-order valence-corrected chi connectivity index (χ4v) is 5.57. The number of sulfonamides is 1.